The van der Waals surface area contributed by atoms with Crippen molar-refractivity contribution in [2.24, 2.45) is 0 Å². The van der Waals surface area contributed by atoms with Crippen molar-refractivity contribution >= 4 is 11.8 Å². The highest BCUT2D eigenvalue weighted by Gasteiger charge is 2.42. The Morgan fingerprint density at radius 2 is 2.10 bits per heavy atom. The summed E-state index contributed by atoms with van der Waals surface area (Å²) in [4.78, 5) is 26.0. The van der Waals surface area contributed by atoms with Gasteiger partial charge in [-0.1, -0.05) is 18.2 Å². The van der Waals surface area contributed by atoms with E-state index in [1.807, 2.05) is 24.3 Å². The van der Waals surface area contributed by atoms with Gasteiger partial charge in [0.05, 0.1) is 13.2 Å². The van der Waals surface area contributed by atoms with Crippen LogP contribution in [0.3, 0.4) is 0 Å². The van der Waals surface area contributed by atoms with E-state index in [1.54, 1.807) is 18.7 Å². The summed E-state index contributed by atoms with van der Waals surface area (Å²) in [7, 11) is 0. The van der Waals surface area contributed by atoms with Gasteiger partial charge in [-0.15, -0.1) is 0 Å². The quantitative estimate of drug-likeness (QED) is 0.892. The summed E-state index contributed by atoms with van der Waals surface area (Å²) in [6.07, 6.45) is 0.860. The van der Waals surface area contributed by atoms with Gasteiger partial charge in [-0.3, -0.25) is 9.59 Å². The van der Waals surface area contributed by atoms with E-state index in [0.717, 1.165) is 17.7 Å². The minimum Gasteiger partial charge on any atom is -0.493 e. The predicted molar refractivity (Wildman–Crippen MR) is 78.1 cm³/mol. The van der Waals surface area contributed by atoms with Crippen LogP contribution in [0.5, 0.6) is 5.75 Å². The molecule has 1 fully saturated rings. The molecule has 112 valence electrons. The van der Waals surface area contributed by atoms with E-state index in [-0.39, 0.29) is 24.3 Å². The minimum atomic E-state index is -0.803. The second-order valence-corrected chi connectivity index (χ2v) is 6.12. The first kappa shape index (κ1) is 13.9. The molecule has 1 aromatic carbocycles. The van der Waals surface area contributed by atoms with Crippen molar-refractivity contribution < 1.29 is 14.3 Å². The third-order valence-electron chi connectivity index (χ3n) is 4.42. The van der Waals surface area contributed by atoms with Crippen LogP contribution in [0, 0.1) is 0 Å². The maximum Gasteiger partial charge on any atom is 0.245 e. The largest absolute Gasteiger partial charge is 0.493 e. The van der Waals surface area contributed by atoms with Crippen LogP contribution >= 0.6 is 0 Å². The van der Waals surface area contributed by atoms with Gasteiger partial charge in [0.25, 0.3) is 0 Å². The molecule has 0 bridgehead atoms. The Hall–Kier alpha value is -2.04. The molecule has 2 heterocycles. The first-order chi connectivity index (χ1) is 10.00. The van der Waals surface area contributed by atoms with E-state index in [4.69, 9.17) is 4.74 Å². The van der Waals surface area contributed by atoms with Gasteiger partial charge in [-0.25, -0.2) is 0 Å². The standard InChI is InChI=1S/C16H20N2O3/c1-16(2)15(20)17-9-14(19)18(16)10-11-7-8-21-13-6-4-3-5-12(11)13/h3-6,11H,7-10H2,1-2H3,(H,17,20). The van der Waals surface area contributed by atoms with Gasteiger partial charge in [0.1, 0.15) is 11.3 Å². The zero-order valence-electron chi connectivity index (χ0n) is 12.4. The SMILES string of the molecule is CC1(C)C(=O)NCC(=O)N1CC1CCOc2ccccc21. The molecule has 0 spiro atoms. The van der Waals surface area contributed by atoms with E-state index in [9.17, 15) is 9.59 Å². The molecule has 1 saturated heterocycles. The Kier molecular flexibility index (Phi) is 3.35. The zero-order chi connectivity index (χ0) is 15.0. The monoisotopic (exact) mass is 288 g/mol. The molecule has 21 heavy (non-hydrogen) atoms. The number of para-hydroxylation sites is 1. The Morgan fingerprint density at radius 1 is 1.33 bits per heavy atom. The first-order valence-electron chi connectivity index (χ1n) is 7.30. The maximum absolute atomic E-state index is 12.2. The lowest BCUT2D eigenvalue weighted by molar-refractivity contribution is -0.151. The van der Waals surface area contributed by atoms with Crippen LogP contribution in [0.25, 0.3) is 0 Å². The average Bonchev–Trinajstić information content (AvgIpc) is 2.48. The maximum atomic E-state index is 12.2. The number of benzene rings is 1. The van der Waals surface area contributed by atoms with Gasteiger partial charge >= 0.3 is 0 Å². The molecule has 2 aliphatic rings. The number of carbonyl (C=O) groups is 2. The van der Waals surface area contributed by atoms with Crippen LogP contribution in [0.2, 0.25) is 0 Å². The Balaban J connectivity index is 1.86. The Bertz CT molecular complexity index is 583. The lowest BCUT2D eigenvalue weighted by atomic mass is 9.89. The van der Waals surface area contributed by atoms with Crippen molar-refractivity contribution in [3.05, 3.63) is 29.8 Å². The molecular weight excluding hydrogens is 268 g/mol. The highest BCUT2D eigenvalue weighted by atomic mass is 16.5. The van der Waals surface area contributed by atoms with Crippen LogP contribution in [0.15, 0.2) is 24.3 Å². The molecule has 1 unspecified atom stereocenters. The van der Waals surface area contributed by atoms with E-state index in [2.05, 4.69) is 5.32 Å². The number of hydrogen-bond acceptors (Lipinski definition) is 3. The van der Waals surface area contributed by atoms with Crippen LogP contribution in [0.4, 0.5) is 0 Å². The van der Waals surface area contributed by atoms with Gasteiger partial charge in [0.15, 0.2) is 0 Å². The normalized spacial score (nSPS) is 24.1. The predicted octanol–water partition coefficient (Wildman–Crippen LogP) is 1.29. The smallest absolute Gasteiger partial charge is 0.245 e. The summed E-state index contributed by atoms with van der Waals surface area (Å²) in [6, 6.07) is 7.93. The summed E-state index contributed by atoms with van der Waals surface area (Å²) in [5.74, 6) is 0.982. The molecule has 0 aliphatic carbocycles. The van der Waals surface area contributed by atoms with E-state index in [0.29, 0.717) is 13.2 Å². The summed E-state index contributed by atoms with van der Waals surface area (Å²) in [5, 5.41) is 2.65. The fourth-order valence-electron chi connectivity index (χ4n) is 3.06. The summed E-state index contributed by atoms with van der Waals surface area (Å²) in [6.45, 7) is 4.89. The third-order valence-corrected chi connectivity index (χ3v) is 4.42. The molecule has 5 nitrogen and oxygen atoms in total. The van der Waals surface area contributed by atoms with Gasteiger partial charge in [-0.05, 0) is 31.9 Å². The average molecular weight is 288 g/mol. The van der Waals surface area contributed by atoms with Crippen LogP contribution < -0.4 is 10.1 Å². The van der Waals surface area contributed by atoms with Crippen LogP contribution in [-0.2, 0) is 9.59 Å². The molecule has 2 amide bonds. The fraction of sp³-hybridized carbons (Fsp3) is 0.500. The third kappa shape index (κ3) is 2.37. The Morgan fingerprint density at radius 3 is 2.90 bits per heavy atom. The zero-order valence-corrected chi connectivity index (χ0v) is 12.4. The molecule has 0 aromatic heterocycles. The summed E-state index contributed by atoms with van der Waals surface area (Å²) >= 11 is 0. The van der Waals surface area contributed by atoms with Crippen molar-refractivity contribution in [1.82, 2.24) is 10.2 Å². The number of hydrogen-bond donors (Lipinski definition) is 1. The van der Waals surface area contributed by atoms with Crippen molar-refractivity contribution in [2.75, 3.05) is 19.7 Å². The topological polar surface area (TPSA) is 58.6 Å². The van der Waals surface area contributed by atoms with Gasteiger partial charge < -0.3 is 15.0 Å². The van der Waals surface area contributed by atoms with Gasteiger partial charge in [0, 0.05) is 12.5 Å². The molecule has 3 rings (SSSR count). The highest BCUT2D eigenvalue weighted by molar-refractivity contribution is 5.97. The second kappa shape index (κ2) is 5.06. The van der Waals surface area contributed by atoms with Crippen molar-refractivity contribution in [3.8, 4) is 5.75 Å². The van der Waals surface area contributed by atoms with Crippen molar-refractivity contribution in [1.29, 1.82) is 0 Å². The molecular formula is C16H20N2O3. The number of nitrogens with zero attached hydrogens (tertiary/aromatic N) is 1. The fourth-order valence-corrected chi connectivity index (χ4v) is 3.06. The summed E-state index contributed by atoms with van der Waals surface area (Å²) in [5.41, 5.74) is 0.320. The van der Waals surface area contributed by atoms with E-state index >= 15 is 0 Å². The van der Waals surface area contributed by atoms with E-state index < -0.39 is 5.54 Å². The van der Waals surface area contributed by atoms with Crippen LogP contribution in [-0.4, -0.2) is 41.9 Å². The van der Waals surface area contributed by atoms with Crippen molar-refractivity contribution in [3.63, 3.8) is 0 Å². The first-order valence-corrected chi connectivity index (χ1v) is 7.30. The minimum absolute atomic E-state index is 0.0245. The molecule has 1 aromatic rings. The molecule has 0 saturated carbocycles. The molecule has 2 aliphatic heterocycles. The molecule has 0 radical (unpaired) electrons. The van der Waals surface area contributed by atoms with E-state index in [1.165, 1.54) is 0 Å². The number of nitrogens with one attached hydrogen (secondary N) is 1. The van der Waals surface area contributed by atoms with Crippen molar-refractivity contribution in [2.45, 2.75) is 31.7 Å². The number of carbonyl (C=O) groups excluding carboxylic acids is 2. The Labute approximate surface area is 124 Å². The van der Waals surface area contributed by atoms with Crippen LogP contribution in [0.1, 0.15) is 31.7 Å². The van der Waals surface area contributed by atoms with Gasteiger partial charge in [-0.2, -0.15) is 0 Å². The lowest BCUT2D eigenvalue weighted by Gasteiger charge is -2.43. The molecule has 1 N–H and O–H groups in total. The highest BCUT2D eigenvalue weighted by Crippen LogP contribution is 2.35. The number of amides is 2. The number of ether oxygens (including phenoxy) is 1. The number of rotatable bonds is 2. The second-order valence-electron chi connectivity index (χ2n) is 6.12. The summed E-state index contributed by atoms with van der Waals surface area (Å²) < 4.78 is 5.66. The number of piperazine rings is 1. The van der Waals surface area contributed by atoms with Gasteiger partial charge in [0.2, 0.25) is 11.8 Å². The molecule has 1 atom stereocenters. The lowest BCUT2D eigenvalue weighted by Crippen LogP contribution is -2.65. The number of fused-ring (bicyclic) bond motifs is 1. The molecule has 5 heteroatoms.